The van der Waals surface area contributed by atoms with E-state index in [4.69, 9.17) is 0 Å². The molecule has 24 heavy (non-hydrogen) atoms. The van der Waals surface area contributed by atoms with Crippen molar-refractivity contribution in [3.05, 3.63) is 53.8 Å². The van der Waals surface area contributed by atoms with Crippen LogP contribution in [-0.2, 0) is 14.8 Å². The number of anilines is 2. The lowest BCUT2D eigenvalue weighted by molar-refractivity contribution is -0.117. The Labute approximate surface area is 140 Å². The SMILES string of the molecule is Cc1cc(F)ccc1S(=O)(=O)Nc1ccc(N2CCCC2=O)cc1. The van der Waals surface area contributed by atoms with Crippen molar-refractivity contribution in [2.45, 2.75) is 24.7 Å². The van der Waals surface area contributed by atoms with Crippen molar-refractivity contribution >= 4 is 27.3 Å². The minimum atomic E-state index is -3.80. The number of benzene rings is 2. The Morgan fingerprint density at radius 1 is 1.12 bits per heavy atom. The molecule has 5 nitrogen and oxygen atoms in total. The maximum atomic E-state index is 13.1. The highest BCUT2D eigenvalue weighted by Gasteiger charge is 2.22. The van der Waals surface area contributed by atoms with Gasteiger partial charge in [0, 0.05) is 24.3 Å². The van der Waals surface area contributed by atoms with Gasteiger partial charge >= 0.3 is 0 Å². The van der Waals surface area contributed by atoms with Crippen molar-refractivity contribution in [2.75, 3.05) is 16.2 Å². The maximum absolute atomic E-state index is 13.1. The first-order valence-corrected chi connectivity index (χ1v) is 9.04. The normalized spacial score (nSPS) is 14.9. The van der Waals surface area contributed by atoms with Gasteiger partial charge in [0.05, 0.1) is 4.90 Å². The zero-order chi connectivity index (χ0) is 17.3. The molecule has 1 fully saturated rings. The molecule has 2 aromatic rings. The molecular weight excluding hydrogens is 331 g/mol. The summed E-state index contributed by atoms with van der Waals surface area (Å²) in [6.07, 6.45) is 1.37. The summed E-state index contributed by atoms with van der Waals surface area (Å²) in [5.74, 6) is -0.406. The van der Waals surface area contributed by atoms with Gasteiger partial charge in [0.15, 0.2) is 0 Å². The average Bonchev–Trinajstić information content (AvgIpc) is 2.93. The smallest absolute Gasteiger partial charge is 0.262 e. The fourth-order valence-electron chi connectivity index (χ4n) is 2.76. The number of hydrogen-bond donors (Lipinski definition) is 1. The molecule has 0 aromatic heterocycles. The van der Waals surface area contributed by atoms with E-state index in [1.807, 2.05) is 0 Å². The summed E-state index contributed by atoms with van der Waals surface area (Å²) < 4.78 is 40.5. The van der Waals surface area contributed by atoms with Gasteiger partial charge in [-0.3, -0.25) is 9.52 Å². The van der Waals surface area contributed by atoms with E-state index < -0.39 is 15.8 Å². The van der Waals surface area contributed by atoms with Crippen LogP contribution in [0.15, 0.2) is 47.4 Å². The molecule has 0 spiro atoms. The first-order valence-electron chi connectivity index (χ1n) is 7.56. The van der Waals surface area contributed by atoms with Crippen LogP contribution >= 0.6 is 0 Å². The zero-order valence-electron chi connectivity index (χ0n) is 13.1. The van der Waals surface area contributed by atoms with Crippen LogP contribution in [0.5, 0.6) is 0 Å². The number of halogens is 1. The van der Waals surface area contributed by atoms with Gasteiger partial charge in [-0.15, -0.1) is 0 Å². The molecule has 0 radical (unpaired) electrons. The van der Waals surface area contributed by atoms with Gasteiger partial charge in [-0.2, -0.15) is 0 Å². The fraction of sp³-hybridized carbons (Fsp3) is 0.235. The van der Waals surface area contributed by atoms with Crippen molar-refractivity contribution in [2.24, 2.45) is 0 Å². The van der Waals surface area contributed by atoms with Crippen LogP contribution in [0.1, 0.15) is 18.4 Å². The van der Waals surface area contributed by atoms with Crippen molar-refractivity contribution in [1.29, 1.82) is 0 Å². The molecule has 7 heteroatoms. The van der Waals surface area contributed by atoms with E-state index in [0.717, 1.165) is 18.2 Å². The third-order valence-electron chi connectivity index (χ3n) is 3.93. The van der Waals surface area contributed by atoms with E-state index in [2.05, 4.69) is 4.72 Å². The van der Waals surface area contributed by atoms with E-state index in [1.54, 1.807) is 36.1 Å². The predicted molar refractivity (Wildman–Crippen MR) is 90.0 cm³/mol. The molecule has 0 bridgehead atoms. The molecule has 1 N–H and O–H groups in total. The Kier molecular flexibility index (Phi) is 4.28. The molecule has 1 heterocycles. The summed E-state index contributed by atoms with van der Waals surface area (Å²) in [6, 6.07) is 10.2. The highest BCUT2D eigenvalue weighted by molar-refractivity contribution is 7.92. The summed E-state index contributed by atoms with van der Waals surface area (Å²) in [5, 5.41) is 0. The van der Waals surface area contributed by atoms with E-state index in [-0.39, 0.29) is 10.8 Å². The number of rotatable bonds is 4. The number of amides is 1. The molecule has 0 atom stereocenters. The number of carbonyl (C=O) groups excluding carboxylic acids is 1. The molecule has 1 saturated heterocycles. The third-order valence-corrected chi connectivity index (χ3v) is 5.47. The molecule has 3 rings (SSSR count). The van der Waals surface area contributed by atoms with E-state index in [1.165, 1.54) is 12.1 Å². The second kappa shape index (κ2) is 6.24. The minimum Gasteiger partial charge on any atom is -0.312 e. The second-order valence-corrected chi connectivity index (χ2v) is 7.36. The van der Waals surface area contributed by atoms with Crippen LogP contribution in [0.25, 0.3) is 0 Å². The van der Waals surface area contributed by atoms with Crippen LogP contribution in [-0.4, -0.2) is 20.9 Å². The Balaban J connectivity index is 1.81. The molecule has 0 aliphatic carbocycles. The lowest BCUT2D eigenvalue weighted by atomic mass is 10.2. The average molecular weight is 348 g/mol. The van der Waals surface area contributed by atoms with Crippen LogP contribution < -0.4 is 9.62 Å². The monoisotopic (exact) mass is 348 g/mol. The van der Waals surface area contributed by atoms with Gasteiger partial charge in [-0.25, -0.2) is 12.8 Å². The topological polar surface area (TPSA) is 66.5 Å². The van der Waals surface area contributed by atoms with Gasteiger partial charge in [0.2, 0.25) is 5.91 Å². The van der Waals surface area contributed by atoms with Gasteiger partial charge in [0.1, 0.15) is 5.82 Å². The van der Waals surface area contributed by atoms with Gasteiger partial charge in [0.25, 0.3) is 10.0 Å². The number of hydrogen-bond acceptors (Lipinski definition) is 3. The quantitative estimate of drug-likeness (QED) is 0.923. The molecule has 1 aliphatic heterocycles. The van der Waals surface area contributed by atoms with Gasteiger partial charge in [-0.1, -0.05) is 0 Å². The lowest BCUT2D eigenvalue weighted by Crippen LogP contribution is -2.23. The number of nitrogens with one attached hydrogen (secondary N) is 1. The Hall–Kier alpha value is -2.41. The number of carbonyl (C=O) groups is 1. The highest BCUT2D eigenvalue weighted by Crippen LogP contribution is 2.25. The lowest BCUT2D eigenvalue weighted by Gasteiger charge is -2.16. The molecule has 126 valence electrons. The maximum Gasteiger partial charge on any atom is 0.262 e. The molecule has 0 unspecified atom stereocenters. The van der Waals surface area contributed by atoms with E-state index in [0.29, 0.717) is 24.2 Å². The number of aryl methyl sites for hydroxylation is 1. The summed E-state index contributed by atoms with van der Waals surface area (Å²) in [7, 11) is -3.80. The van der Waals surface area contributed by atoms with Gasteiger partial charge < -0.3 is 4.90 Å². The fourth-order valence-corrected chi connectivity index (χ4v) is 4.04. The molecule has 1 aliphatic rings. The summed E-state index contributed by atoms with van der Waals surface area (Å²) >= 11 is 0. The Bertz CT molecular complexity index is 879. The van der Waals surface area contributed by atoms with Crippen LogP contribution in [0.4, 0.5) is 15.8 Å². The largest absolute Gasteiger partial charge is 0.312 e. The third kappa shape index (κ3) is 3.26. The molecule has 1 amide bonds. The highest BCUT2D eigenvalue weighted by atomic mass is 32.2. The zero-order valence-corrected chi connectivity index (χ0v) is 13.9. The predicted octanol–water partition coefficient (Wildman–Crippen LogP) is 3.06. The van der Waals surface area contributed by atoms with Crippen molar-refractivity contribution < 1.29 is 17.6 Å². The Morgan fingerprint density at radius 3 is 2.42 bits per heavy atom. The Morgan fingerprint density at radius 2 is 1.83 bits per heavy atom. The van der Waals surface area contributed by atoms with Crippen LogP contribution in [0.3, 0.4) is 0 Å². The number of nitrogens with zero attached hydrogens (tertiary/aromatic N) is 1. The molecule has 2 aromatic carbocycles. The molecule has 0 saturated carbocycles. The molecular formula is C17H17FN2O3S. The second-order valence-electron chi connectivity index (χ2n) is 5.71. The first kappa shape index (κ1) is 16.4. The van der Waals surface area contributed by atoms with Crippen molar-refractivity contribution in [3.63, 3.8) is 0 Å². The van der Waals surface area contributed by atoms with Gasteiger partial charge in [-0.05, 0) is 61.4 Å². The number of sulfonamides is 1. The van der Waals surface area contributed by atoms with Crippen molar-refractivity contribution in [1.82, 2.24) is 0 Å². The first-order chi connectivity index (χ1) is 11.4. The summed E-state index contributed by atoms with van der Waals surface area (Å²) in [5.41, 5.74) is 1.47. The van der Waals surface area contributed by atoms with Crippen LogP contribution in [0.2, 0.25) is 0 Å². The van der Waals surface area contributed by atoms with Crippen LogP contribution in [0, 0.1) is 12.7 Å². The van der Waals surface area contributed by atoms with E-state index >= 15 is 0 Å². The minimum absolute atomic E-state index is 0.0303. The summed E-state index contributed by atoms with van der Waals surface area (Å²) in [4.78, 5) is 13.4. The summed E-state index contributed by atoms with van der Waals surface area (Å²) in [6.45, 7) is 2.22. The standard InChI is InChI=1S/C17H17FN2O3S/c1-12-11-13(18)4-9-16(12)24(22,23)19-14-5-7-15(8-6-14)20-10-2-3-17(20)21/h4-9,11,19H,2-3,10H2,1H3. The van der Waals surface area contributed by atoms with E-state index in [9.17, 15) is 17.6 Å². The van der Waals surface area contributed by atoms with Crippen molar-refractivity contribution in [3.8, 4) is 0 Å².